The molecule has 1 amide bonds. The van der Waals surface area contributed by atoms with E-state index in [1.807, 2.05) is 70.0 Å². The predicted molar refractivity (Wildman–Crippen MR) is 114 cm³/mol. The molecule has 2 N–H and O–H groups in total. The molecule has 0 aromatic heterocycles. The van der Waals surface area contributed by atoms with E-state index in [4.69, 9.17) is 4.74 Å². The molecule has 0 aliphatic rings. The van der Waals surface area contributed by atoms with E-state index in [0.717, 1.165) is 12.3 Å². The van der Waals surface area contributed by atoms with Crippen molar-refractivity contribution in [2.75, 3.05) is 33.3 Å². The van der Waals surface area contributed by atoms with Crippen LogP contribution in [0.2, 0.25) is 0 Å². The van der Waals surface area contributed by atoms with Crippen molar-refractivity contribution in [2.24, 2.45) is 4.99 Å². The summed E-state index contributed by atoms with van der Waals surface area (Å²) < 4.78 is 5.69. The number of carbonyl (C=O) groups excluding carboxylic acids is 1. The number of ether oxygens (including phenoxy) is 1. The van der Waals surface area contributed by atoms with Gasteiger partial charge in [0.05, 0.1) is 6.54 Å². The minimum absolute atomic E-state index is 0. The number of para-hydroxylation sites is 1. The maximum absolute atomic E-state index is 11.9. The monoisotopic (exact) mass is 462 g/mol. The van der Waals surface area contributed by atoms with Crippen LogP contribution in [-0.2, 0) is 4.79 Å². The predicted octanol–water partition coefficient (Wildman–Crippen LogP) is 2.50. The maximum Gasteiger partial charge on any atom is 0.242 e. The number of guanidine groups is 1. The first-order chi connectivity index (χ1) is 11.3. The van der Waals surface area contributed by atoms with Gasteiger partial charge in [0.25, 0.3) is 0 Å². The van der Waals surface area contributed by atoms with Crippen molar-refractivity contribution >= 4 is 35.8 Å². The molecule has 0 saturated carbocycles. The number of nitrogens with zero attached hydrogens (tertiary/aromatic N) is 2. The van der Waals surface area contributed by atoms with Gasteiger partial charge in [-0.15, -0.1) is 24.0 Å². The lowest BCUT2D eigenvalue weighted by atomic mass is 10.1. The first-order valence-electron chi connectivity index (χ1n) is 8.30. The van der Waals surface area contributed by atoms with Gasteiger partial charge in [0.1, 0.15) is 18.9 Å². The third-order valence-corrected chi connectivity index (χ3v) is 3.02. The fourth-order valence-corrected chi connectivity index (χ4v) is 2.00. The summed E-state index contributed by atoms with van der Waals surface area (Å²) in [4.78, 5) is 18.2. The van der Waals surface area contributed by atoms with E-state index in [1.165, 1.54) is 0 Å². The topological polar surface area (TPSA) is 66.0 Å². The van der Waals surface area contributed by atoms with Gasteiger partial charge in [-0.05, 0) is 39.8 Å². The van der Waals surface area contributed by atoms with Crippen molar-refractivity contribution in [3.05, 3.63) is 30.3 Å². The highest BCUT2D eigenvalue weighted by Gasteiger charge is 2.14. The van der Waals surface area contributed by atoms with Crippen LogP contribution >= 0.6 is 24.0 Å². The second kappa shape index (κ2) is 11.9. The van der Waals surface area contributed by atoms with Crippen LogP contribution < -0.4 is 15.4 Å². The summed E-state index contributed by atoms with van der Waals surface area (Å²) in [6.45, 7) is 9.90. The number of hydrogen-bond acceptors (Lipinski definition) is 3. The van der Waals surface area contributed by atoms with Gasteiger partial charge in [-0.2, -0.15) is 0 Å². The molecular weight excluding hydrogens is 431 g/mol. The first-order valence-corrected chi connectivity index (χ1v) is 8.30. The number of amides is 1. The fraction of sp³-hybridized carbons (Fsp3) is 0.556. The minimum Gasteiger partial charge on any atom is -0.492 e. The molecule has 7 heteroatoms. The Labute approximate surface area is 168 Å². The molecule has 0 heterocycles. The number of carbonyl (C=O) groups is 1. The number of aliphatic imine (C=N–C) groups is 1. The van der Waals surface area contributed by atoms with Crippen molar-refractivity contribution in [1.82, 2.24) is 15.5 Å². The standard InChI is InChI=1S/C18H30N4O2.HI/c1-6-19-17(20-14-16(23)21-18(2,3)4)22(5)12-13-24-15-10-8-7-9-11-15;/h7-11H,6,12-14H2,1-5H3,(H,19,20)(H,21,23);1H. The zero-order chi connectivity index (χ0) is 18.0. The largest absolute Gasteiger partial charge is 0.492 e. The molecule has 0 unspecified atom stereocenters. The van der Waals surface area contributed by atoms with Crippen LogP contribution in [0.5, 0.6) is 5.75 Å². The van der Waals surface area contributed by atoms with Gasteiger partial charge < -0.3 is 20.3 Å². The van der Waals surface area contributed by atoms with Gasteiger partial charge in [-0.3, -0.25) is 4.79 Å². The summed E-state index contributed by atoms with van der Waals surface area (Å²) in [7, 11) is 1.93. The van der Waals surface area contributed by atoms with Gasteiger partial charge in [0, 0.05) is 19.1 Å². The van der Waals surface area contributed by atoms with Crippen LogP contribution in [0, 0.1) is 0 Å². The van der Waals surface area contributed by atoms with Crippen molar-refractivity contribution in [3.63, 3.8) is 0 Å². The molecule has 1 aromatic carbocycles. The van der Waals surface area contributed by atoms with Crippen molar-refractivity contribution in [2.45, 2.75) is 33.2 Å². The zero-order valence-corrected chi connectivity index (χ0v) is 18.2. The average Bonchev–Trinajstić information content (AvgIpc) is 2.50. The van der Waals surface area contributed by atoms with Crippen LogP contribution in [-0.4, -0.2) is 55.6 Å². The zero-order valence-electron chi connectivity index (χ0n) is 15.8. The van der Waals surface area contributed by atoms with Crippen molar-refractivity contribution < 1.29 is 9.53 Å². The van der Waals surface area contributed by atoms with Crippen LogP contribution in [0.25, 0.3) is 0 Å². The van der Waals surface area contributed by atoms with E-state index in [9.17, 15) is 4.79 Å². The summed E-state index contributed by atoms with van der Waals surface area (Å²) in [5.41, 5.74) is -0.250. The number of likely N-dealkylation sites (N-methyl/N-ethyl adjacent to an activating group) is 1. The Morgan fingerprint density at radius 2 is 1.88 bits per heavy atom. The van der Waals surface area contributed by atoms with Gasteiger partial charge in [-0.25, -0.2) is 4.99 Å². The minimum atomic E-state index is -0.250. The summed E-state index contributed by atoms with van der Waals surface area (Å²) in [5.74, 6) is 1.45. The Hall–Kier alpha value is -1.51. The summed E-state index contributed by atoms with van der Waals surface area (Å²) in [6, 6.07) is 9.70. The SMILES string of the molecule is CCNC(=NCC(=O)NC(C)(C)C)N(C)CCOc1ccccc1.I. The lowest BCUT2D eigenvalue weighted by molar-refractivity contribution is -0.121. The molecule has 0 aliphatic heterocycles. The van der Waals surface area contributed by atoms with E-state index in [2.05, 4.69) is 15.6 Å². The highest BCUT2D eigenvalue weighted by molar-refractivity contribution is 14.0. The Kier molecular flexibility index (Phi) is 11.2. The second-order valence-electron chi connectivity index (χ2n) is 6.55. The number of benzene rings is 1. The normalized spacial score (nSPS) is 11.3. The maximum atomic E-state index is 11.9. The fourth-order valence-electron chi connectivity index (χ4n) is 2.00. The molecular formula is C18H31IN4O2. The Morgan fingerprint density at radius 1 is 1.24 bits per heavy atom. The summed E-state index contributed by atoms with van der Waals surface area (Å²) >= 11 is 0. The van der Waals surface area contributed by atoms with Crippen LogP contribution in [0.15, 0.2) is 35.3 Å². The lowest BCUT2D eigenvalue weighted by Gasteiger charge is -2.23. The molecule has 0 fully saturated rings. The van der Waals surface area contributed by atoms with Gasteiger partial charge in [0.15, 0.2) is 5.96 Å². The average molecular weight is 462 g/mol. The third kappa shape index (κ3) is 10.9. The van der Waals surface area contributed by atoms with Crippen LogP contribution in [0.1, 0.15) is 27.7 Å². The third-order valence-electron chi connectivity index (χ3n) is 3.02. The van der Waals surface area contributed by atoms with Crippen LogP contribution in [0.4, 0.5) is 0 Å². The van der Waals surface area contributed by atoms with E-state index in [-0.39, 0.29) is 42.0 Å². The molecule has 0 radical (unpaired) electrons. The lowest BCUT2D eigenvalue weighted by Crippen LogP contribution is -2.44. The molecule has 1 rings (SSSR count). The molecule has 0 atom stereocenters. The van der Waals surface area contributed by atoms with Crippen molar-refractivity contribution in [3.8, 4) is 5.75 Å². The van der Waals surface area contributed by atoms with Crippen LogP contribution in [0.3, 0.4) is 0 Å². The summed E-state index contributed by atoms with van der Waals surface area (Å²) in [5, 5.41) is 6.09. The van der Waals surface area contributed by atoms with Gasteiger partial charge in [0.2, 0.25) is 5.91 Å². The molecule has 6 nitrogen and oxygen atoms in total. The number of hydrogen-bond donors (Lipinski definition) is 2. The molecule has 25 heavy (non-hydrogen) atoms. The highest BCUT2D eigenvalue weighted by atomic mass is 127. The van der Waals surface area contributed by atoms with E-state index in [1.54, 1.807) is 0 Å². The Morgan fingerprint density at radius 3 is 2.44 bits per heavy atom. The highest BCUT2D eigenvalue weighted by Crippen LogP contribution is 2.07. The smallest absolute Gasteiger partial charge is 0.242 e. The van der Waals surface area contributed by atoms with E-state index in [0.29, 0.717) is 19.1 Å². The Balaban J connectivity index is 0.00000576. The number of nitrogens with one attached hydrogen (secondary N) is 2. The second-order valence-corrected chi connectivity index (χ2v) is 6.55. The first kappa shape index (κ1) is 23.5. The molecule has 1 aromatic rings. The quantitative estimate of drug-likeness (QED) is 0.371. The molecule has 0 aliphatic carbocycles. The van der Waals surface area contributed by atoms with E-state index >= 15 is 0 Å². The van der Waals surface area contributed by atoms with Crippen molar-refractivity contribution in [1.29, 1.82) is 0 Å². The van der Waals surface area contributed by atoms with Gasteiger partial charge >= 0.3 is 0 Å². The molecule has 142 valence electrons. The molecule has 0 bridgehead atoms. The number of halogens is 1. The van der Waals surface area contributed by atoms with E-state index < -0.39 is 0 Å². The van der Waals surface area contributed by atoms with Gasteiger partial charge in [-0.1, -0.05) is 18.2 Å². The molecule has 0 spiro atoms. The molecule has 0 saturated heterocycles. The Bertz CT molecular complexity index is 530. The number of rotatable bonds is 7. The summed E-state index contributed by atoms with van der Waals surface area (Å²) in [6.07, 6.45) is 0.